The number of carbonyl (C=O) groups is 1. The van der Waals surface area contributed by atoms with Crippen LogP contribution in [-0.2, 0) is 13.9 Å². The first-order chi connectivity index (χ1) is 20.8. The van der Waals surface area contributed by atoms with Crippen LogP contribution in [0.3, 0.4) is 0 Å². The van der Waals surface area contributed by atoms with Crippen LogP contribution in [0, 0.1) is 0 Å². The molecule has 0 fully saturated rings. The third-order valence-electron chi connectivity index (χ3n) is 8.59. The van der Waals surface area contributed by atoms with Crippen LogP contribution in [0.25, 0.3) is 0 Å². The lowest BCUT2D eigenvalue weighted by atomic mass is 10.0. The van der Waals surface area contributed by atoms with Crippen molar-refractivity contribution in [1.29, 1.82) is 0 Å². The van der Waals surface area contributed by atoms with Gasteiger partial charge in [-0.1, -0.05) is 181 Å². The summed E-state index contributed by atoms with van der Waals surface area (Å²) in [7, 11) is -4.68. The molecule has 0 aliphatic rings. The second-order valence-corrected chi connectivity index (χ2v) is 14.1. The molecule has 0 aromatic carbocycles. The Morgan fingerprint density at radius 3 is 1.26 bits per heavy atom. The van der Waals surface area contributed by atoms with E-state index in [1.165, 1.54) is 135 Å². The van der Waals surface area contributed by atoms with Gasteiger partial charge in [0, 0.05) is 6.42 Å². The zero-order chi connectivity index (χ0) is 31.9. The van der Waals surface area contributed by atoms with Gasteiger partial charge in [-0.05, 0) is 12.8 Å². The van der Waals surface area contributed by atoms with Crippen molar-refractivity contribution in [3.8, 4) is 0 Å². The molecule has 0 aliphatic carbocycles. The van der Waals surface area contributed by atoms with Crippen LogP contribution in [0.5, 0.6) is 0 Å². The van der Waals surface area contributed by atoms with E-state index in [1.807, 2.05) is 0 Å². The van der Waals surface area contributed by atoms with E-state index >= 15 is 0 Å². The minimum absolute atomic E-state index is 0.192. The molecule has 0 spiro atoms. The number of carbonyl (C=O) groups excluding carboxylic acids is 1. The van der Waals surface area contributed by atoms with Crippen molar-refractivity contribution in [2.24, 2.45) is 0 Å². The summed E-state index contributed by atoms with van der Waals surface area (Å²) >= 11 is 0. The number of nitrogens with one attached hydrogen (secondary N) is 1. The first-order valence-electron chi connectivity index (χ1n) is 18.5. The molecule has 2 atom stereocenters. The quantitative estimate of drug-likeness (QED) is 0.0414. The van der Waals surface area contributed by atoms with Crippen LogP contribution in [0.1, 0.15) is 200 Å². The lowest BCUT2D eigenvalue weighted by molar-refractivity contribution is -0.123. The molecule has 258 valence electrons. The number of rotatable bonds is 34. The number of unbranched alkanes of at least 4 members (excludes halogenated alkanes) is 25. The number of hydrogen-bond acceptors (Lipinski definition) is 4. The van der Waals surface area contributed by atoms with E-state index in [0.29, 0.717) is 12.8 Å². The number of aliphatic hydroxyl groups excluding tert-OH is 1. The molecule has 0 bridgehead atoms. The molecule has 8 heteroatoms. The normalized spacial score (nSPS) is 13.3. The fourth-order valence-electron chi connectivity index (χ4n) is 5.76. The highest BCUT2D eigenvalue weighted by Gasteiger charge is 2.25. The van der Waals surface area contributed by atoms with Crippen molar-refractivity contribution in [3.63, 3.8) is 0 Å². The maximum absolute atomic E-state index is 12.5. The zero-order valence-corrected chi connectivity index (χ0v) is 29.3. The molecule has 43 heavy (non-hydrogen) atoms. The largest absolute Gasteiger partial charge is 0.469 e. The van der Waals surface area contributed by atoms with E-state index in [2.05, 4.69) is 23.7 Å². The second-order valence-electron chi connectivity index (χ2n) is 12.9. The first-order valence-corrected chi connectivity index (χ1v) is 20.0. The van der Waals surface area contributed by atoms with Gasteiger partial charge >= 0.3 is 7.82 Å². The fraction of sp³-hybridized carbons (Fsp3) is 0.971. The lowest BCUT2D eigenvalue weighted by Crippen LogP contribution is -2.46. The SMILES string of the molecule is CCCCCCCCCCCCCCCC[C@@H](O)[C@H](COP(=O)(O)O)NC(=O)CCCCCCCCCCCCCCC. The lowest BCUT2D eigenvalue weighted by Gasteiger charge is -2.24. The molecule has 1 amide bonds. The third kappa shape index (κ3) is 32.7. The molecular formula is C35H72NO6P. The Labute approximate surface area is 266 Å². The van der Waals surface area contributed by atoms with Gasteiger partial charge < -0.3 is 20.2 Å². The Balaban J connectivity index is 3.96. The van der Waals surface area contributed by atoms with Gasteiger partial charge in [0.15, 0.2) is 0 Å². The molecule has 0 unspecified atom stereocenters. The highest BCUT2D eigenvalue weighted by atomic mass is 31.2. The van der Waals surface area contributed by atoms with Crippen molar-refractivity contribution < 1.29 is 28.8 Å². The van der Waals surface area contributed by atoms with Crippen LogP contribution in [0.2, 0.25) is 0 Å². The van der Waals surface area contributed by atoms with Crippen molar-refractivity contribution in [2.45, 2.75) is 212 Å². The van der Waals surface area contributed by atoms with Gasteiger partial charge in [-0.3, -0.25) is 9.32 Å². The topological polar surface area (TPSA) is 116 Å². The van der Waals surface area contributed by atoms with Gasteiger partial charge in [0.2, 0.25) is 5.91 Å². The molecule has 0 saturated heterocycles. The zero-order valence-electron chi connectivity index (χ0n) is 28.4. The summed E-state index contributed by atoms with van der Waals surface area (Å²) in [5.74, 6) is -0.192. The number of hydrogen-bond donors (Lipinski definition) is 4. The maximum atomic E-state index is 12.5. The highest BCUT2D eigenvalue weighted by molar-refractivity contribution is 7.46. The van der Waals surface area contributed by atoms with Crippen molar-refractivity contribution in [1.82, 2.24) is 5.32 Å². The second kappa shape index (κ2) is 31.5. The molecule has 4 N–H and O–H groups in total. The predicted molar refractivity (Wildman–Crippen MR) is 181 cm³/mol. The Morgan fingerprint density at radius 1 is 0.581 bits per heavy atom. The Bertz CT molecular complexity index is 644. The fourth-order valence-corrected chi connectivity index (χ4v) is 6.11. The summed E-state index contributed by atoms with van der Waals surface area (Å²) in [4.78, 5) is 30.8. The van der Waals surface area contributed by atoms with Crippen LogP contribution in [0.15, 0.2) is 0 Å². The maximum Gasteiger partial charge on any atom is 0.469 e. The number of phosphoric acid groups is 1. The summed E-state index contributed by atoms with van der Waals surface area (Å²) in [6, 6.07) is -0.816. The van der Waals surface area contributed by atoms with Gasteiger partial charge in [0.05, 0.1) is 18.8 Å². The van der Waals surface area contributed by atoms with E-state index < -0.39 is 26.6 Å². The molecule has 0 saturated carbocycles. The first kappa shape index (κ1) is 42.5. The van der Waals surface area contributed by atoms with Crippen molar-refractivity contribution >= 4 is 13.7 Å². The summed E-state index contributed by atoms with van der Waals surface area (Å²) in [6.07, 6.45) is 33.6. The minimum atomic E-state index is -4.68. The smallest absolute Gasteiger partial charge is 0.391 e. The van der Waals surface area contributed by atoms with Gasteiger partial charge in [-0.25, -0.2) is 4.57 Å². The molecule has 0 aromatic heterocycles. The standard InChI is InChI=1S/C35H72NO6P/c1-3-5-7-9-11-13-15-17-19-20-22-24-26-28-30-34(37)33(32-42-43(39,40)41)36-35(38)31-29-27-25-23-21-18-16-14-12-10-8-6-4-2/h33-34,37H,3-32H2,1-2H3,(H,36,38)(H2,39,40,41)/t33-,34+/m0/s1. The highest BCUT2D eigenvalue weighted by Crippen LogP contribution is 2.36. The van der Waals surface area contributed by atoms with E-state index in [4.69, 9.17) is 9.79 Å². The summed E-state index contributed by atoms with van der Waals surface area (Å²) in [5.41, 5.74) is 0. The Kier molecular flexibility index (Phi) is 31.2. The number of amides is 1. The van der Waals surface area contributed by atoms with E-state index in [-0.39, 0.29) is 5.91 Å². The van der Waals surface area contributed by atoms with E-state index in [0.717, 1.165) is 38.5 Å². The summed E-state index contributed by atoms with van der Waals surface area (Å²) in [5, 5.41) is 13.5. The van der Waals surface area contributed by atoms with E-state index in [1.54, 1.807) is 0 Å². The minimum Gasteiger partial charge on any atom is -0.391 e. The van der Waals surface area contributed by atoms with Gasteiger partial charge in [0.25, 0.3) is 0 Å². The number of phosphoric ester groups is 1. The molecule has 0 rings (SSSR count). The molecule has 0 aromatic rings. The third-order valence-corrected chi connectivity index (χ3v) is 9.08. The predicted octanol–water partition coefficient (Wildman–Crippen LogP) is 10.3. The average Bonchev–Trinajstić information content (AvgIpc) is 2.97. The van der Waals surface area contributed by atoms with Gasteiger partial charge in [-0.15, -0.1) is 0 Å². The van der Waals surface area contributed by atoms with Crippen molar-refractivity contribution in [2.75, 3.05) is 6.61 Å². The monoisotopic (exact) mass is 634 g/mol. The Hall–Kier alpha value is -0.460. The summed E-state index contributed by atoms with van der Waals surface area (Å²) < 4.78 is 15.9. The molecule has 0 heterocycles. The Morgan fingerprint density at radius 2 is 0.907 bits per heavy atom. The molecule has 7 nitrogen and oxygen atoms in total. The molecular weight excluding hydrogens is 561 g/mol. The summed E-state index contributed by atoms with van der Waals surface area (Å²) in [6.45, 7) is 4.11. The van der Waals surface area contributed by atoms with Crippen LogP contribution in [0.4, 0.5) is 0 Å². The van der Waals surface area contributed by atoms with Crippen LogP contribution < -0.4 is 5.32 Å². The molecule has 0 aliphatic heterocycles. The number of aliphatic hydroxyl groups is 1. The van der Waals surface area contributed by atoms with E-state index in [9.17, 15) is 14.5 Å². The van der Waals surface area contributed by atoms with Gasteiger partial charge in [0.1, 0.15) is 0 Å². The average molecular weight is 634 g/mol. The van der Waals surface area contributed by atoms with Gasteiger partial charge in [-0.2, -0.15) is 0 Å². The van der Waals surface area contributed by atoms with Crippen molar-refractivity contribution in [3.05, 3.63) is 0 Å². The van der Waals surface area contributed by atoms with Crippen LogP contribution in [-0.4, -0.2) is 39.6 Å². The molecule has 0 radical (unpaired) electrons. The van der Waals surface area contributed by atoms with Crippen LogP contribution >= 0.6 is 7.82 Å².